The second kappa shape index (κ2) is 7.16. The lowest BCUT2D eigenvalue weighted by atomic mass is 10.3. The molecule has 13 heavy (non-hydrogen) atoms. The van der Waals surface area contributed by atoms with Crippen molar-refractivity contribution in [3.63, 3.8) is 0 Å². The first-order valence-corrected chi connectivity index (χ1v) is 7.51. The van der Waals surface area contributed by atoms with Gasteiger partial charge in [0.15, 0.2) is 0 Å². The molecule has 0 radical (unpaired) electrons. The molecule has 80 valence electrons. The highest BCUT2D eigenvalue weighted by atomic mass is 127. The summed E-state index contributed by atoms with van der Waals surface area (Å²) >= 11 is 2.37. The Bertz CT molecular complexity index is 122. The molecule has 1 unspecified atom stereocenters. The highest BCUT2D eigenvalue weighted by Crippen LogP contribution is 2.24. The third-order valence-corrected chi connectivity index (χ3v) is 7.72. The Morgan fingerprint density at radius 3 is 1.92 bits per heavy atom. The molecule has 0 bridgehead atoms. The van der Waals surface area contributed by atoms with E-state index in [2.05, 4.69) is 29.5 Å². The van der Waals surface area contributed by atoms with E-state index >= 15 is 0 Å². The number of hydrogen-bond acceptors (Lipinski definition) is 3. The SMILES string of the molecule is CCCCC(I)[Si](OC)(OC)OC. The molecular weight excluding hydrogens is 299 g/mol. The van der Waals surface area contributed by atoms with Crippen LogP contribution in [0.25, 0.3) is 0 Å². The summed E-state index contributed by atoms with van der Waals surface area (Å²) in [6, 6.07) is 0. The quantitative estimate of drug-likeness (QED) is 0.410. The van der Waals surface area contributed by atoms with E-state index in [0.717, 1.165) is 6.42 Å². The van der Waals surface area contributed by atoms with Gasteiger partial charge < -0.3 is 13.3 Å². The molecule has 0 N–H and O–H groups in total. The maximum absolute atomic E-state index is 5.38. The van der Waals surface area contributed by atoms with Crippen molar-refractivity contribution in [1.82, 2.24) is 0 Å². The number of alkyl halides is 1. The molecule has 1 atom stereocenters. The summed E-state index contributed by atoms with van der Waals surface area (Å²) in [7, 11) is 2.62. The van der Waals surface area contributed by atoms with Crippen molar-refractivity contribution in [2.45, 2.75) is 29.7 Å². The lowest BCUT2D eigenvalue weighted by Crippen LogP contribution is -2.51. The Labute approximate surface area is 95.6 Å². The van der Waals surface area contributed by atoms with Gasteiger partial charge in [0.1, 0.15) is 0 Å². The van der Waals surface area contributed by atoms with Gasteiger partial charge in [-0.1, -0.05) is 42.4 Å². The summed E-state index contributed by atoms with van der Waals surface area (Å²) in [5.74, 6) is 0. The number of rotatable bonds is 7. The first-order chi connectivity index (χ1) is 6.16. The molecule has 0 rings (SSSR count). The molecule has 0 aromatic rings. The second-order valence-corrected chi connectivity index (χ2v) is 8.63. The zero-order valence-electron chi connectivity index (χ0n) is 8.80. The first kappa shape index (κ1) is 13.8. The van der Waals surface area contributed by atoms with Crippen LogP contribution in [-0.4, -0.2) is 33.7 Å². The smallest absolute Gasteiger partial charge is 0.376 e. The van der Waals surface area contributed by atoms with Gasteiger partial charge in [-0.15, -0.1) is 0 Å². The van der Waals surface area contributed by atoms with Gasteiger partial charge in [-0.2, -0.15) is 0 Å². The summed E-state index contributed by atoms with van der Waals surface area (Å²) in [5.41, 5.74) is 0. The molecule has 0 amide bonds. The minimum absolute atomic E-state index is 0.352. The Kier molecular flexibility index (Phi) is 7.62. The van der Waals surface area contributed by atoms with E-state index in [-0.39, 0.29) is 0 Å². The van der Waals surface area contributed by atoms with Crippen molar-refractivity contribution in [2.75, 3.05) is 21.3 Å². The van der Waals surface area contributed by atoms with Crippen molar-refractivity contribution in [2.24, 2.45) is 0 Å². The molecule has 5 heteroatoms. The van der Waals surface area contributed by atoms with Crippen LogP contribution in [0, 0.1) is 0 Å². The van der Waals surface area contributed by atoms with E-state index in [4.69, 9.17) is 13.3 Å². The van der Waals surface area contributed by atoms with Crippen LogP contribution in [0.15, 0.2) is 0 Å². The normalized spacial score (nSPS) is 14.5. The largest absolute Gasteiger partial charge is 0.513 e. The van der Waals surface area contributed by atoms with Crippen LogP contribution in [0.1, 0.15) is 26.2 Å². The van der Waals surface area contributed by atoms with Gasteiger partial charge in [0.2, 0.25) is 0 Å². The Balaban J connectivity index is 4.17. The maximum Gasteiger partial charge on any atom is 0.513 e. The van der Waals surface area contributed by atoms with Crippen LogP contribution in [0.3, 0.4) is 0 Å². The summed E-state index contributed by atoms with van der Waals surface area (Å²) in [4.78, 5) is 0. The first-order valence-electron chi connectivity index (χ1n) is 4.46. The summed E-state index contributed by atoms with van der Waals surface area (Å²) in [5, 5.41) is 0. The second-order valence-electron chi connectivity index (χ2n) is 2.83. The minimum atomic E-state index is -2.37. The lowest BCUT2D eigenvalue weighted by molar-refractivity contribution is 0.122. The Hall–Kier alpha value is 0.827. The molecular formula is C8H19IO3Si. The van der Waals surface area contributed by atoms with Gasteiger partial charge in [-0.05, 0) is 6.42 Å². The molecule has 0 aliphatic carbocycles. The van der Waals surface area contributed by atoms with E-state index in [1.54, 1.807) is 21.3 Å². The van der Waals surface area contributed by atoms with E-state index in [1.165, 1.54) is 12.8 Å². The molecule has 0 aliphatic rings. The summed E-state index contributed by atoms with van der Waals surface area (Å²) in [6.45, 7) is 2.18. The van der Waals surface area contributed by atoms with E-state index < -0.39 is 8.80 Å². The third kappa shape index (κ3) is 3.82. The molecule has 0 heterocycles. The van der Waals surface area contributed by atoms with Crippen LogP contribution in [0.2, 0.25) is 0 Å². The maximum atomic E-state index is 5.38. The van der Waals surface area contributed by atoms with E-state index in [9.17, 15) is 0 Å². The highest BCUT2D eigenvalue weighted by molar-refractivity contribution is 14.1. The average molecular weight is 318 g/mol. The van der Waals surface area contributed by atoms with E-state index in [1.807, 2.05) is 0 Å². The fraction of sp³-hybridized carbons (Fsp3) is 1.00. The van der Waals surface area contributed by atoms with Crippen LogP contribution < -0.4 is 0 Å². The fourth-order valence-electron chi connectivity index (χ4n) is 1.19. The van der Waals surface area contributed by atoms with Gasteiger partial charge in [-0.25, -0.2) is 0 Å². The van der Waals surface area contributed by atoms with Crippen molar-refractivity contribution >= 4 is 31.4 Å². The van der Waals surface area contributed by atoms with Crippen molar-refractivity contribution in [1.29, 1.82) is 0 Å². The van der Waals surface area contributed by atoms with Gasteiger partial charge in [0.05, 0.1) is 3.55 Å². The number of hydrogen-bond donors (Lipinski definition) is 0. The topological polar surface area (TPSA) is 27.7 Å². The number of halogens is 1. The zero-order valence-corrected chi connectivity index (χ0v) is 12.0. The standard InChI is InChI=1S/C8H19IO3Si/c1-5-6-7-8(9)13(10-2,11-3)12-4/h8H,5-7H2,1-4H3. The number of unbranched alkanes of at least 4 members (excludes halogenated alkanes) is 1. The predicted octanol–water partition coefficient (Wildman–Crippen LogP) is 2.40. The van der Waals surface area contributed by atoms with Crippen molar-refractivity contribution in [3.8, 4) is 0 Å². The monoisotopic (exact) mass is 318 g/mol. The molecule has 0 saturated heterocycles. The van der Waals surface area contributed by atoms with Crippen molar-refractivity contribution in [3.05, 3.63) is 0 Å². The lowest BCUT2D eigenvalue weighted by Gasteiger charge is -2.28. The summed E-state index contributed by atoms with van der Waals surface area (Å²) < 4.78 is 16.5. The fourth-order valence-corrected chi connectivity index (χ4v) is 5.75. The predicted molar refractivity (Wildman–Crippen MR) is 64.1 cm³/mol. The van der Waals surface area contributed by atoms with Gasteiger partial charge in [0, 0.05) is 21.3 Å². The zero-order chi connectivity index (χ0) is 10.3. The molecule has 0 aromatic heterocycles. The summed E-state index contributed by atoms with van der Waals surface area (Å²) in [6.07, 6.45) is 3.48. The average Bonchev–Trinajstić information content (AvgIpc) is 2.18. The van der Waals surface area contributed by atoms with Gasteiger partial charge in [0.25, 0.3) is 0 Å². The minimum Gasteiger partial charge on any atom is -0.376 e. The van der Waals surface area contributed by atoms with Gasteiger partial charge in [-0.3, -0.25) is 0 Å². The Morgan fingerprint density at radius 2 is 1.62 bits per heavy atom. The molecule has 0 fully saturated rings. The van der Waals surface area contributed by atoms with E-state index in [0.29, 0.717) is 3.55 Å². The third-order valence-electron chi connectivity index (χ3n) is 2.05. The van der Waals surface area contributed by atoms with Gasteiger partial charge >= 0.3 is 8.80 Å². The molecule has 0 saturated carbocycles. The van der Waals surface area contributed by atoms with Crippen LogP contribution in [0.5, 0.6) is 0 Å². The molecule has 3 nitrogen and oxygen atoms in total. The van der Waals surface area contributed by atoms with Crippen LogP contribution in [-0.2, 0) is 13.3 Å². The van der Waals surface area contributed by atoms with Crippen LogP contribution in [0.4, 0.5) is 0 Å². The van der Waals surface area contributed by atoms with Crippen molar-refractivity contribution < 1.29 is 13.3 Å². The molecule has 0 aromatic carbocycles. The van der Waals surface area contributed by atoms with Crippen LogP contribution >= 0.6 is 22.6 Å². The molecule has 0 aliphatic heterocycles. The highest BCUT2D eigenvalue weighted by Gasteiger charge is 2.45. The Morgan fingerprint density at radius 1 is 1.15 bits per heavy atom. The molecule has 0 spiro atoms.